The van der Waals surface area contributed by atoms with E-state index in [9.17, 15) is 23.3 Å². The average Bonchev–Trinajstić information content (AvgIpc) is 3.78. The van der Waals surface area contributed by atoms with E-state index in [1.165, 1.54) is 10.8 Å². The molecule has 1 amide bonds. The number of carbonyl (C=O) groups is 1. The number of nitrogens with zero attached hydrogens (tertiary/aromatic N) is 5. The number of rotatable bonds is 15. The zero-order valence-electron chi connectivity index (χ0n) is 37.6. The number of aromatic nitrogens is 4. The van der Waals surface area contributed by atoms with Crippen molar-refractivity contribution in [2.45, 2.75) is 64.5 Å². The Kier molecular flexibility index (Phi) is 12.9. The van der Waals surface area contributed by atoms with E-state index in [4.69, 9.17) is 30.5 Å². The van der Waals surface area contributed by atoms with Crippen molar-refractivity contribution in [1.82, 2.24) is 24.8 Å². The number of piperidine rings is 1. The molecular formula is C49H52ClN7O8S. The van der Waals surface area contributed by atoms with Gasteiger partial charge in [-0.15, -0.1) is 0 Å². The van der Waals surface area contributed by atoms with Gasteiger partial charge in [0, 0.05) is 96.7 Å². The Morgan fingerprint density at radius 2 is 1.68 bits per heavy atom. The Bertz CT molecular complexity index is 2980. The fraction of sp³-hybridized carbons (Fsp3) is 0.367. The first kappa shape index (κ1) is 46.1. The van der Waals surface area contributed by atoms with Gasteiger partial charge in [0.25, 0.3) is 11.5 Å². The molecule has 3 aromatic heterocycles. The number of hydrogen-bond donors (Lipinski definition) is 2. The molecule has 2 N–H and O–H groups in total. The van der Waals surface area contributed by atoms with Crippen LogP contribution < -0.4 is 30.0 Å². The number of carbonyl (C=O) groups excluding carboxylic acids is 1. The maximum atomic E-state index is 13.4. The normalized spacial score (nSPS) is 18.0. The standard InChI is InChI=1S/C49H52ClN7O8S/c1-48(2)45(49(3,4)46(48)65-36-12-11-31(25-51)40(50)24-36)55-43(58)32-26-53-47(54-27-32)57-18-15-33(16-19-57)62-20-21-63-34-8-7-9-35(23-34)64-41-13-10-30(29-66(6,60)61)22-38(41)39-28-56(5)44(59)42-37(39)14-17-52-42/h7-14,17,22-24,26-28,33,45-46,52H,15-16,18-21,29H2,1-6H3,(H,55,58). The number of benzene rings is 3. The van der Waals surface area contributed by atoms with Crippen LogP contribution in [0.3, 0.4) is 0 Å². The van der Waals surface area contributed by atoms with E-state index in [0.29, 0.717) is 99.0 Å². The van der Waals surface area contributed by atoms with Crippen LogP contribution in [0.5, 0.6) is 23.0 Å². The monoisotopic (exact) mass is 933 g/mol. The lowest BCUT2D eigenvalue weighted by Crippen LogP contribution is -2.74. The molecule has 4 heterocycles. The molecule has 0 atom stereocenters. The van der Waals surface area contributed by atoms with Gasteiger partial charge >= 0.3 is 0 Å². The zero-order valence-corrected chi connectivity index (χ0v) is 39.2. The van der Waals surface area contributed by atoms with E-state index in [1.54, 1.807) is 74.3 Å². The van der Waals surface area contributed by atoms with Gasteiger partial charge in [0.1, 0.15) is 47.3 Å². The highest BCUT2D eigenvalue weighted by atomic mass is 35.5. The number of ether oxygens (including phenoxy) is 4. The Balaban J connectivity index is 0.812. The van der Waals surface area contributed by atoms with Gasteiger partial charge < -0.3 is 38.7 Å². The van der Waals surface area contributed by atoms with Gasteiger partial charge in [-0.25, -0.2) is 18.4 Å². The van der Waals surface area contributed by atoms with Gasteiger partial charge in [0.05, 0.1) is 34.6 Å². The average molecular weight is 935 g/mol. The molecule has 2 fully saturated rings. The second kappa shape index (κ2) is 18.5. The third kappa shape index (κ3) is 9.74. The minimum Gasteiger partial charge on any atom is -0.491 e. The molecule has 0 radical (unpaired) electrons. The summed E-state index contributed by atoms with van der Waals surface area (Å²) in [4.78, 5) is 40.5. The number of H-pyrrole nitrogens is 1. The third-order valence-electron chi connectivity index (χ3n) is 12.5. The predicted octanol–water partition coefficient (Wildman–Crippen LogP) is 7.86. The lowest BCUT2D eigenvalue weighted by Gasteiger charge is -2.63. The minimum absolute atomic E-state index is 0.0357. The molecule has 0 unspecified atom stereocenters. The van der Waals surface area contributed by atoms with Crippen LogP contribution in [0.4, 0.5) is 5.95 Å². The maximum Gasteiger partial charge on any atom is 0.274 e. The first-order chi connectivity index (χ1) is 31.4. The number of aryl methyl sites for hydroxylation is 1. The van der Waals surface area contributed by atoms with E-state index in [0.717, 1.165) is 12.8 Å². The van der Waals surface area contributed by atoms with E-state index in [2.05, 4.69) is 58.9 Å². The van der Waals surface area contributed by atoms with E-state index < -0.39 is 20.7 Å². The fourth-order valence-electron chi connectivity index (χ4n) is 9.52. The summed E-state index contributed by atoms with van der Waals surface area (Å²) in [5.41, 5.74) is 2.15. The number of hydrogen-bond acceptors (Lipinski definition) is 12. The van der Waals surface area contributed by atoms with E-state index in [1.807, 2.05) is 24.3 Å². The molecule has 8 rings (SSSR count). The Hall–Kier alpha value is -6.41. The molecule has 0 spiro atoms. The summed E-state index contributed by atoms with van der Waals surface area (Å²) in [6.07, 6.45) is 9.10. The fourth-order valence-corrected chi connectivity index (χ4v) is 10.5. The lowest BCUT2D eigenvalue weighted by molar-refractivity contribution is -0.164. The summed E-state index contributed by atoms with van der Waals surface area (Å²) in [7, 11) is -1.64. The number of nitriles is 1. The van der Waals surface area contributed by atoms with Gasteiger partial charge in [-0.2, -0.15) is 5.26 Å². The summed E-state index contributed by atoms with van der Waals surface area (Å²) < 4.78 is 50.9. The van der Waals surface area contributed by atoms with Crippen molar-refractivity contribution < 1.29 is 32.2 Å². The largest absolute Gasteiger partial charge is 0.491 e. The quantitative estimate of drug-likeness (QED) is 0.0950. The van der Waals surface area contributed by atoms with E-state index in [-0.39, 0.29) is 35.5 Å². The molecule has 2 aliphatic rings. The Labute approximate surface area is 388 Å². The summed E-state index contributed by atoms with van der Waals surface area (Å²) in [5.74, 6) is 2.31. The molecule has 344 valence electrons. The van der Waals surface area contributed by atoms with Crippen LogP contribution in [0.1, 0.15) is 62.0 Å². The van der Waals surface area contributed by atoms with Gasteiger partial charge in [-0.05, 0) is 60.9 Å². The van der Waals surface area contributed by atoms with Crippen LogP contribution in [0, 0.1) is 22.2 Å². The second-order valence-electron chi connectivity index (χ2n) is 18.2. The first-order valence-corrected chi connectivity index (χ1v) is 24.1. The number of fused-ring (bicyclic) bond motifs is 1. The van der Waals surface area contributed by atoms with Crippen LogP contribution in [-0.2, 0) is 27.4 Å². The van der Waals surface area contributed by atoms with Crippen LogP contribution >= 0.6 is 11.6 Å². The summed E-state index contributed by atoms with van der Waals surface area (Å²) in [6.45, 7) is 10.3. The highest BCUT2D eigenvalue weighted by molar-refractivity contribution is 7.89. The first-order valence-electron chi connectivity index (χ1n) is 21.7. The van der Waals surface area contributed by atoms with Crippen molar-refractivity contribution in [3.8, 4) is 40.2 Å². The number of amides is 1. The topological polar surface area (TPSA) is 191 Å². The number of anilines is 1. The molecule has 3 aromatic carbocycles. The van der Waals surface area contributed by atoms with Crippen molar-refractivity contribution in [2.24, 2.45) is 17.9 Å². The SMILES string of the molecule is Cn1cc(-c2cc(CS(C)(=O)=O)ccc2Oc2cccc(OCCOC3CCN(c4ncc(C(=O)NC5C(C)(C)C(Oc6ccc(C#N)c(Cl)c6)C5(C)C)cn4)CC3)c2)c2cc[nH]c2c1=O. The Morgan fingerprint density at radius 3 is 2.38 bits per heavy atom. The molecule has 66 heavy (non-hydrogen) atoms. The number of sulfone groups is 1. The zero-order chi connectivity index (χ0) is 47.0. The third-order valence-corrected chi connectivity index (χ3v) is 13.6. The lowest BCUT2D eigenvalue weighted by atomic mass is 9.49. The summed E-state index contributed by atoms with van der Waals surface area (Å²) in [6, 6.07) is 21.2. The van der Waals surface area contributed by atoms with Crippen molar-refractivity contribution in [1.29, 1.82) is 5.26 Å². The molecule has 1 saturated heterocycles. The van der Waals surface area contributed by atoms with Gasteiger partial charge in [-0.1, -0.05) is 51.4 Å². The van der Waals surface area contributed by atoms with Crippen LogP contribution in [-0.4, -0.2) is 84.7 Å². The molecule has 6 aromatic rings. The number of aromatic amines is 1. The Morgan fingerprint density at radius 1 is 0.955 bits per heavy atom. The van der Waals surface area contributed by atoms with Crippen LogP contribution in [0.2, 0.25) is 5.02 Å². The van der Waals surface area contributed by atoms with Gasteiger partial charge in [0.15, 0.2) is 9.84 Å². The van der Waals surface area contributed by atoms with E-state index >= 15 is 0 Å². The van der Waals surface area contributed by atoms with Crippen molar-refractivity contribution >= 4 is 44.2 Å². The highest BCUT2D eigenvalue weighted by Crippen LogP contribution is 2.55. The highest BCUT2D eigenvalue weighted by Gasteiger charge is 2.64. The van der Waals surface area contributed by atoms with Crippen molar-refractivity contribution in [3.05, 3.63) is 124 Å². The molecule has 15 nitrogen and oxygen atoms in total. The molecule has 1 aliphatic carbocycles. The van der Waals surface area contributed by atoms with Gasteiger partial charge in [-0.3, -0.25) is 9.59 Å². The second-order valence-corrected chi connectivity index (χ2v) is 20.7. The molecule has 1 saturated carbocycles. The molecule has 17 heteroatoms. The van der Waals surface area contributed by atoms with Crippen molar-refractivity contribution in [3.63, 3.8) is 0 Å². The molecular weight excluding hydrogens is 882 g/mol. The number of pyridine rings is 1. The smallest absolute Gasteiger partial charge is 0.274 e. The summed E-state index contributed by atoms with van der Waals surface area (Å²) >= 11 is 6.25. The predicted molar refractivity (Wildman–Crippen MR) is 252 cm³/mol. The summed E-state index contributed by atoms with van der Waals surface area (Å²) in [5, 5.41) is 13.4. The number of nitrogens with one attached hydrogen (secondary N) is 2. The van der Waals surface area contributed by atoms with Gasteiger partial charge in [0.2, 0.25) is 5.95 Å². The van der Waals surface area contributed by atoms with Crippen molar-refractivity contribution in [2.75, 3.05) is 37.5 Å². The molecule has 1 aliphatic heterocycles. The molecule has 0 bridgehead atoms. The van der Waals surface area contributed by atoms with Crippen LogP contribution in [0.25, 0.3) is 22.0 Å². The maximum absolute atomic E-state index is 13.4. The van der Waals surface area contributed by atoms with Crippen LogP contribution in [0.15, 0.2) is 96.3 Å². The minimum atomic E-state index is -3.31. The number of halogens is 1.